The highest BCUT2D eigenvalue weighted by molar-refractivity contribution is 5.81. The lowest BCUT2D eigenvalue weighted by Gasteiger charge is -2.26. The van der Waals surface area contributed by atoms with Crippen molar-refractivity contribution >= 4 is 17.3 Å². The van der Waals surface area contributed by atoms with E-state index < -0.39 is 11.7 Å². The van der Waals surface area contributed by atoms with E-state index in [1.807, 2.05) is 6.92 Å². The molecule has 1 aromatic rings. The lowest BCUT2D eigenvalue weighted by atomic mass is 10.1. The van der Waals surface area contributed by atoms with Gasteiger partial charge in [-0.05, 0) is 24.6 Å². The van der Waals surface area contributed by atoms with Crippen LogP contribution in [-0.2, 0) is 11.0 Å². The topological polar surface area (TPSA) is 49.6 Å². The summed E-state index contributed by atoms with van der Waals surface area (Å²) in [7, 11) is 3.22. The van der Waals surface area contributed by atoms with Crippen LogP contribution in [0.15, 0.2) is 18.2 Å². The maximum atomic E-state index is 12.9. The number of benzene rings is 1. The first kappa shape index (κ1) is 17.1. The molecule has 2 N–H and O–H groups in total. The summed E-state index contributed by atoms with van der Waals surface area (Å²) >= 11 is 0. The molecule has 0 heterocycles. The van der Waals surface area contributed by atoms with Gasteiger partial charge in [-0.2, -0.15) is 13.2 Å². The quantitative estimate of drug-likeness (QED) is 0.851. The molecule has 0 atom stereocenters. The molecule has 0 fully saturated rings. The minimum Gasteiger partial charge on any atom is -0.398 e. The minimum absolute atomic E-state index is 0.0298. The van der Waals surface area contributed by atoms with Crippen molar-refractivity contribution in [1.82, 2.24) is 4.90 Å². The Labute approximate surface area is 122 Å². The Morgan fingerprint density at radius 2 is 1.90 bits per heavy atom. The first-order valence-corrected chi connectivity index (χ1v) is 6.58. The average Bonchev–Trinajstić information content (AvgIpc) is 2.37. The van der Waals surface area contributed by atoms with Crippen molar-refractivity contribution in [2.24, 2.45) is 0 Å². The first-order chi connectivity index (χ1) is 9.66. The van der Waals surface area contributed by atoms with Gasteiger partial charge in [0.1, 0.15) is 0 Å². The lowest BCUT2D eigenvalue weighted by molar-refractivity contribution is -0.136. The Bertz CT molecular complexity index is 501. The van der Waals surface area contributed by atoms with Crippen LogP contribution in [-0.4, -0.2) is 38.0 Å². The van der Waals surface area contributed by atoms with Crippen LogP contribution in [0.4, 0.5) is 24.5 Å². The normalized spacial score (nSPS) is 11.3. The van der Waals surface area contributed by atoms with E-state index in [1.165, 1.54) is 17.0 Å². The molecular formula is C14H20F3N3O. The van der Waals surface area contributed by atoms with Crippen LogP contribution >= 0.6 is 0 Å². The monoisotopic (exact) mass is 303 g/mol. The average molecular weight is 303 g/mol. The summed E-state index contributed by atoms with van der Waals surface area (Å²) in [6.07, 6.45) is -3.80. The fourth-order valence-electron chi connectivity index (χ4n) is 1.86. The molecule has 1 aromatic carbocycles. The number of anilines is 2. The fourth-order valence-corrected chi connectivity index (χ4v) is 1.86. The maximum Gasteiger partial charge on any atom is 0.418 e. The SMILES string of the molecule is CCCN(CC(=O)N(C)C)c1ccc(N)c(C(F)(F)F)c1. The summed E-state index contributed by atoms with van der Waals surface area (Å²) in [5, 5.41) is 0. The maximum absolute atomic E-state index is 12.9. The molecule has 7 heteroatoms. The summed E-state index contributed by atoms with van der Waals surface area (Å²) in [5.41, 5.74) is 4.53. The number of hydrogen-bond acceptors (Lipinski definition) is 3. The van der Waals surface area contributed by atoms with Gasteiger partial charge in [0.2, 0.25) is 5.91 Å². The highest BCUT2D eigenvalue weighted by Crippen LogP contribution is 2.35. The summed E-state index contributed by atoms with van der Waals surface area (Å²) in [4.78, 5) is 14.8. The van der Waals surface area contributed by atoms with Gasteiger partial charge < -0.3 is 15.5 Å². The first-order valence-electron chi connectivity index (χ1n) is 6.58. The number of nitrogen functional groups attached to an aromatic ring is 1. The van der Waals surface area contributed by atoms with Crippen molar-refractivity contribution in [2.75, 3.05) is 37.8 Å². The number of alkyl halides is 3. The Kier molecular flexibility index (Phi) is 5.46. The molecule has 0 unspecified atom stereocenters. The van der Waals surface area contributed by atoms with E-state index in [4.69, 9.17) is 5.73 Å². The molecular weight excluding hydrogens is 283 g/mol. The van der Waals surface area contributed by atoms with Gasteiger partial charge in [-0.15, -0.1) is 0 Å². The second kappa shape index (κ2) is 6.69. The third kappa shape index (κ3) is 4.54. The van der Waals surface area contributed by atoms with Gasteiger partial charge in [-0.3, -0.25) is 4.79 Å². The van der Waals surface area contributed by atoms with Gasteiger partial charge in [0.15, 0.2) is 0 Å². The number of halogens is 3. The van der Waals surface area contributed by atoms with Crippen LogP contribution in [0.25, 0.3) is 0 Å². The van der Waals surface area contributed by atoms with Crippen LogP contribution in [0.2, 0.25) is 0 Å². The fraction of sp³-hybridized carbons (Fsp3) is 0.500. The van der Waals surface area contributed by atoms with Crippen LogP contribution < -0.4 is 10.6 Å². The van der Waals surface area contributed by atoms with Crippen molar-refractivity contribution in [2.45, 2.75) is 19.5 Å². The summed E-state index contributed by atoms with van der Waals surface area (Å²) in [6.45, 7) is 2.41. The predicted molar refractivity (Wildman–Crippen MR) is 77.1 cm³/mol. The van der Waals surface area contributed by atoms with Gasteiger partial charge >= 0.3 is 6.18 Å². The van der Waals surface area contributed by atoms with E-state index in [9.17, 15) is 18.0 Å². The molecule has 0 aromatic heterocycles. The molecule has 0 spiro atoms. The third-order valence-corrected chi connectivity index (χ3v) is 3.03. The number of amides is 1. The van der Waals surface area contributed by atoms with Crippen molar-refractivity contribution in [1.29, 1.82) is 0 Å². The van der Waals surface area contributed by atoms with Crippen LogP contribution in [0.5, 0.6) is 0 Å². The number of nitrogens with zero attached hydrogens (tertiary/aromatic N) is 2. The minimum atomic E-state index is -4.51. The van der Waals surface area contributed by atoms with Crippen LogP contribution in [0, 0.1) is 0 Å². The molecule has 0 saturated heterocycles. The predicted octanol–water partition coefficient (Wildman–Crippen LogP) is 2.59. The highest BCUT2D eigenvalue weighted by atomic mass is 19.4. The zero-order valence-corrected chi connectivity index (χ0v) is 12.4. The van der Waals surface area contributed by atoms with Crippen LogP contribution in [0.3, 0.4) is 0 Å². The summed E-state index contributed by atoms with van der Waals surface area (Å²) in [6, 6.07) is 3.72. The standard InChI is InChI=1S/C14H20F3N3O/c1-4-7-20(9-13(21)19(2)3)10-5-6-12(18)11(8-10)14(15,16)17/h5-6,8H,4,7,9,18H2,1-3H3. The molecule has 0 saturated carbocycles. The van der Waals surface area contributed by atoms with Gasteiger partial charge in [0, 0.05) is 32.0 Å². The van der Waals surface area contributed by atoms with Crippen LogP contribution in [0.1, 0.15) is 18.9 Å². The molecule has 0 aliphatic heterocycles. The molecule has 0 radical (unpaired) electrons. The number of nitrogens with two attached hydrogens (primary N) is 1. The Hall–Kier alpha value is -1.92. The molecule has 0 aliphatic carbocycles. The van der Waals surface area contributed by atoms with Gasteiger partial charge in [-0.1, -0.05) is 6.92 Å². The largest absolute Gasteiger partial charge is 0.418 e. The molecule has 0 bridgehead atoms. The lowest BCUT2D eigenvalue weighted by Crippen LogP contribution is -2.37. The Morgan fingerprint density at radius 3 is 2.38 bits per heavy atom. The Morgan fingerprint density at radius 1 is 1.29 bits per heavy atom. The number of rotatable bonds is 5. The molecule has 4 nitrogen and oxygen atoms in total. The number of hydrogen-bond donors (Lipinski definition) is 1. The molecule has 21 heavy (non-hydrogen) atoms. The smallest absolute Gasteiger partial charge is 0.398 e. The van der Waals surface area contributed by atoms with Crippen molar-refractivity contribution < 1.29 is 18.0 Å². The van der Waals surface area contributed by atoms with E-state index in [1.54, 1.807) is 19.0 Å². The molecule has 0 aliphatic rings. The zero-order chi connectivity index (χ0) is 16.2. The van der Waals surface area contributed by atoms with E-state index in [0.29, 0.717) is 18.7 Å². The second-order valence-electron chi connectivity index (χ2n) is 4.98. The summed E-state index contributed by atoms with van der Waals surface area (Å²) in [5.74, 6) is -0.172. The summed E-state index contributed by atoms with van der Waals surface area (Å²) < 4.78 is 38.7. The van der Waals surface area contributed by atoms with Crippen molar-refractivity contribution in [3.63, 3.8) is 0 Å². The number of carbonyl (C=O) groups is 1. The van der Waals surface area contributed by atoms with Crippen molar-refractivity contribution in [3.8, 4) is 0 Å². The third-order valence-electron chi connectivity index (χ3n) is 3.03. The van der Waals surface area contributed by atoms with Gasteiger partial charge in [0.25, 0.3) is 0 Å². The van der Waals surface area contributed by atoms with E-state index >= 15 is 0 Å². The zero-order valence-electron chi connectivity index (χ0n) is 12.4. The number of carbonyl (C=O) groups excluding carboxylic acids is 1. The van der Waals surface area contributed by atoms with Gasteiger partial charge in [-0.25, -0.2) is 0 Å². The molecule has 1 amide bonds. The van der Waals surface area contributed by atoms with E-state index in [0.717, 1.165) is 6.07 Å². The van der Waals surface area contributed by atoms with E-state index in [-0.39, 0.29) is 18.1 Å². The Balaban J connectivity index is 3.11. The number of likely N-dealkylation sites (N-methyl/N-ethyl adjacent to an activating group) is 1. The van der Waals surface area contributed by atoms with E-state index in [2.05, 4.69) is 0 Å². The molecule has 118 valence electrons. The highest BCUT2D eigenvalue weighted by Gasteiger charge is 2.33. The van der Waals surface area contributed by atoms with Crippen molar-refractivity contribution in [3.05, 3.63) is 23.8 Å². The van der Waals surface area contributed by atoms with Gasteiger partial charge in [0.05, 0.1) is 12.1 Å². The second-order valence-corrected chi connectivity index (χ2v) is 4.98. The molecule has 1 rings (SSSR count).